The van der Waals surface area contributed by atoms with Gasteiger partial charge in [-0.2, -0.15) is 0 Å². The molecule has 0 amide bonds. The molecule has 100 valence electrons. The van der Waals surface area contributed by atoms with Crippen LogP contribution >= 0.6 is 23.2 Å². The number of anilines is 1. The number of carboxylic acids is 1. The molecule has 0 spiro atoms. The second-order valence-corrected chi connectivity index (χ2v) is 6.18. The molecule has 18 heavy (non-hydrogen) atoms. The molecule has 0 saturated heterocycles. The lowest BCUT2D eigenvalue weighted by atomic mass is 10.2. The fourth-order valence-corrected chi connectivity index (χ4v) is 2.97. The summed E-state index contributed by atoms with van der Waals surface area (Å²) < 4.78 is 24.2. The van der Waals surface area contributed by atoms with Gasteiger partial charge in [0.25, 0.3) is 0 Å². The number of hydrogen-bond acceptors (Lipinski definition) is 3. The van der Waals surface area contributed by atoms with Crippen molar-refractivity contribution in [1.29, 1.82) is 0 Å². The van der Waals surface area contributed by atoms with E-state index in [1.807, 2.05) is 0 Å². The molecule has 0 aliphatic heterocycles. The maximum absolute atomic E-state index is 11.6. The molecule has 8 heteroatoms. The van der Waals surface area contributed by atoms with Gasteiger partial charge in [0.05, 0.1) is 27.6 Å². The van der Waals surface area contributed by atoms with Crippen molar-refractivity contribution in [3.05, 3.63) is 27.7 Å². The normalized spacial score (nSPS) is 11.3. The van der Waals surface area contributed by atoms with Gasteiger partial charge in [-0.1, -0.05) is 23.2 Å². The Morgan fingerprint density at radius 2 is 1.94 bits per heavy atom. The molecule has 1 aromatic rings. The van der Waals surface area contributed by atoms with Gasteiger partial charge < -0.3 is 5.11 Å². The summed E-state index contributed by atoms with van der Waals surface area (Å²) >= 11 is 11.7. The zero-order chi connectivity index (χ0) is 14.1. The van der Waals surface area contributed by atoms with E-state index in [2.05, 4.69) is 0 Å². The smallest absolute Gasteiger partial charge is 0.337 e. The third-order valence-electron chi connectivity index (χ3n) is 2.24. The van der Waals surface area contributed by atoms with Crippen molar-refractivity contribution in [3.63, 3.8) is 0 Å². The minimum atomic E-state index is -3.64. The quantitative estimate of drug-likeness (QED) is 0.927. The highest BCUT2D eigenvalue weighted by Crippen LogP contribution is 2.37. The summed E-state index contributed by atoms with van der Waals surface area (Å²) in [6, 6.07) is 2.53. The maximum Gasteiger partial charge on any atom is 0.337 e. The first kappa shape index (κ1) is 15.1. The van der Waals surface area contributed by atoms with Crippen LogP contribution in [0.3, 0.4) is 0 Å². The molecule has 0 bridgehead atoms. The molecular weight excluding hydrogens is 301 g/mol. The number of aromatic carboxylic acids is 1. The number of carboxylic acid groups (broad SMARTS) is 1. The van der Waals surface area contributed by atoms with E-state index in [-0.39, 0.29) is 27.8 Å². The lowest BCUT2D eigenvalue weighted by molar-refractivity contribution is 0.0698. The number of benzene rings is 1. The molecule has 1 rings (SSSR count). The minimum Gasteiger partial charge on any atom is -0.478 e. The number of carbonyl (C=O) groups is 1. The van der Waals surface area contributed by atoms with Crippen LogP contribution < -0.4 is 4.31 Å². The Labute approximate surface area is 115 Å². The molecule has 0 aliphatic carbocycles. The van der Waals surface area contributed by atoms with Crippen molar-refractivity contribution in [2.75, 3.05) is 17.1 Å². The second-order valence-electron chi connectivity index (χ2n) is 3.49. The predicted molar refractivity (Wildman–Crippen MR) is 71.3 cm³/mol. The Morgan fingerprint density at radius 1 is 1.39 bits per heavy atom. The van der Waals surface area contributed by atoms with Gasteiger partial charge in [-0.25, -0.2) is 13.2 Å². The van der Waals surface area contributed by atoms with Crippen molar-refractivity contribution in [1.82, 2.24) is 0 Å². The number of rotatable bonds is 4. The van der Waals surface area contributed by atoms with Gasteiger partial charge in [0.2, 0.25) is 10.0 Å². The van der Waals surface area contributed by atoms with E-state index in [9.17, 15) is 13.2 Å². The van der Waals surface area contributed by atoms with Crippen LogP contribution in [0.2, 0.25) is 10.0 Å². The van der Waals surface area contributed by atoms with Gasteiger partial charge in [-0.3, -0.25) is 4.31 Å². The lowest BCUT2D eigenvalue weighted by Gasteiger charge is -2.23. The maximum atomic E-state index is 11.6. The van der Waals surface area contributed by atoms with Gasteiger partial charge in [-0.05, 0) is 19.1 Å². The summed E-state index contributed by atoms with van der Waals surface area (Å²) in [6.07, 6.45) is 0.972. The molecule has 0 atom stereocenters. The standard InChI is InChI=1S/C10H11Cl2NO4S/c1-3-13(18(2,16)17)9-6(10(14)15)4-5-7(11)8(9)12/h4-5H,3H2,1-2H3,(H,14,15). The molecule has 5 nitrogen and oxygen atoms in total. The van der Waals surface area contributed by atoms with E-state index in [1.54, 1.807) is 6.92 Å². The van der Waals surface area contributed by atoms with Crippen LogP contribution in [-0.4, -0.2) is 32.3 Å². The molecule has 0 aliphatic rings. The van der Waals surface area contributed by atoms with Crippen LogP contribution in [0.4, 0.5) is 5.69 Å². The minimum absolute atomic E-state index is 0.0547. The summed E-state index contributed by atoms with van der Waals surface area (Å²) in [6.45, 7) is 1.63. The topological polar surface area (TPSA) is 74.7 Å². The van der Waals surface area contributed by atoms with Crippen LogP contribution in [-0.2, 0) is 10.0 Å². The molecule has 1 aromatic carbocycles. The highest BCUT2D eigenvalue weighted by molar-refractivity contribution is 7.92. The molecular formula is C10H11Cl2NO4S. The monoisotopic (exact) mass is 311 g/mol. The number of sulfonamides is 1. The first-order valence-electron chi connectivity index (χ1n) is 4.89. The first-order chi connectivity index (χ1) is 8.20. The summed E-state index contributed by atoms with van der Waals surface area (Å²) in [5, 5.41) is 9.07. The Bertz CT molecular complexity index is 586. The van der Waals surface area contributed by atoms with Crippen molar-refractivity contribution >= 4 is 44.9 Å². The van der Waals surface area contributed by atoms with Crippen LogP contribution in [0.25, 0.3) is 0 Å². The van der Waals surface area contributed by atoms with Crippen LogP contribution in [0, 0.1) is 0 Å². The van der Waals surface area contributed by atoms with Gasteiger partial charge in [0.1, 0.15) is 0 Å². The second kappa shape index (κ2) is 5.34. The zero-order valence-corrected chi connectivity index (χ0v) is 12.0. The van der Waals surface area contributed by atoms with Crippen molar-refractivity contribution in [2.24, 2.45) is 0 Å². The predicted octanol–water partition coefficient (Wildman–Crippen LogP) is 2.48. The molecule has 0 unspecified atom stereocenters. The van der Waals surface area contributed by atoms with Gasteiger partial charge >= 0.3 is 5.97 Å². The average molecular weight is 312 g/mol. The molecule has 0 aromatic heterocycles. The lowest BCUT2D eigenvalue weighted by Crippen LogP contribution is -2.31. The van der Waals surface area contributed by atoms with E-state index < -0.39 is 16.0 Å². The average Bonchev–Trinajstić information content (AvgIpc) is 2.23. The SMILES string of the molecule is CCN(c1c(C(=O)O)ccc(Cl)c1Cl)S(C)(=O)=O. The summed E-state index contributed by atoms with van der Waals surface area (Å²) in [5.41, 5.74) is -0.321. The van der Waals surface area contributed by atoms with Crippen molar-refractivity contribution < 1.29 is 18.3 Å². The third-order valence-corrected chi connectivity index (χ3v) is 4.27. The molecule has 0 heterocycles. The fraction of sp³-hybridized carbons (Fsp3) is 0.300. The Morgan fingerprint density at radius 3 is 2.33 bits per heavy atom. The number of nitrogens with zero attached hydrogens (tertiary/aromatic N) is 1. The third kappa shape index (κ3) is 2.88. The number of halogens is 2. The molecule has 0 fully saturated rings. The van der Waals surface area contributed by atoms with E-state index >= 15 is 0 Å². The van der Waals surface area contributed by atoms with Crippen LogP contribution in [0.15, 0.2) is 12.1 Å². The largest absolute Gasteiger partial charge is 0.478 e. The first-order valence-corrected chi connectivity index (χ1v) is 7.49. The van der Waals surface area contributed by atoms with Gasteiger partial charge in [0.15, 0.2) is 0 Å². The highest BCUT2D eigenvalue weighted by atomic mass is 35.5. The Hall–Kier alpha value is -0.980. The van der Waals surface area contributed by atoms with Crippen LogP contribution in [0.1, 0.15) is 17.3 Å². The summed E-state index contributed by atoms with van der Waals surface area (Å²) in [7, 11) is -3.64. The van der Waals surface area contributed by atoms with Gasteiger partial charge in [-0.15, -0.1) is 0 Å². The molecule has 0 saturated carbocycles. The van der Waals surface area contributed by atoms with E-state index in [1.165, 1.54) is 12.1 Å². The van der Waals surface area contributed by atoms with Gasteiger partial charge in [0, 0.05) is 6.54 Å². The Balaban J connectivity index is 3.64. The van der Waals surface area contributed by atoms with Crippen molar-refractivity contribution in [2.45, 2.75) is 6.92 Å². The van der Waals surface area contributed by atoms with E-state index in [0.29, 0.717) is 0 Å². The highest BCUT2D eigenvalue weighted by Gasteiger charge is 2.25. The van der Waals surface area contributed by atoms with E-state index in [4.69, 9.17) is 28.3 Å². The summed E-state index contributed by atoms with van der Waals surface area (Å²) in [4.78, 5) is 11.1. The van der Waals surface area contributed by atoms with Crippen molar-refractivity contribution in [3.8, 4) is 0 Å². The fourth-order valence-electron chi connectivity index (χ4n) is 1.51. The zero-order valence-electron chi connectivity index (χ0n) is 9.65. The van der Waals surface area contributed by atoms with Crippen LogP contribution in [0.5, 0.6) is 0 Å². The van der Waals surface area contributed by atoms with E-state index in [0.717, 1.165) is 10.6 Å². The number of hydrogen-bond donors (Lipinski definition) is 1. The summed E-state index contributed by atoms with van der Waals surface area (Å²) in [5.74, 6) is -1.27. The Kier molecular flexibility index (Phi) is 4.47. The molecule has 0 radical (unpaired) electrons. The molecule has 1 N–H and O–H groups in total.